The summed E-state index contributed by atoms with van der Waals surface area (Å²) in [7, 11) is -2.15. The van der Waals surface area contributed by atoms with Gasteiger partial charge >= 0.3 is 27.2 Å². The molecule has 0 spiro atoms. The smallest absolute Gasteiger partial charge is 0.444 e. The van der Waals surface area contributed by atoms with Gasteiger partial charge in [0.1, 0.15) is 11.8 Å². The number of halogens is 1. The van der Waals surface area contributed by atoms with Gasteiger partial charge < -0.3 is 42.5 Å². The monoisotopic (exact) mass is 713 g/mol. The molecule has 1 aromatic rings. The third-order valence-corrected chi connectivity index (χ3v) is 12.3. The van der Waals surface area contributed by atoms with Crippen LogP contribution in [0.15, 0.2) is 12.3 Å². The molecule has 6 heterocycles. The Kier molecular flexibility index (Phi) is 9.37. The highest BCUT2D eigenvalue weighted by Gasteiger charge is 2.65. The van der Waals surface area contributed by atoms with E-state index in [-0.39, 0.29) is 19.0 Å². The molecule has 4 saturated heterocycles. The lowest BCUT2D eigenvalue weighted by Gasteiger charge is -2.42. The Bertz CT molecular complexity index is 1540. The molecule has 5 aliphatic heterocycles. The summed E-state index contributed by atoms with van der Waals surface area (Å²) in [6.45, 7) is 25.7. The fourth-order valence-corrected chi connectivity index (χ4v) is 7.41. The first kappa shape index (κ1) is 38.5. The fourth-order valence-electron chi connectivity index (χ4n) is 7.41. The standard InChI is InChI=1S/C35H55B3FN3O9/c1-29(2,3)45-28(44)41-20-24(39)26(21-41)42-17-14-25-23(27(42)43)18-22(19-40-25)36-46-32(8,9)34(12,50-36)15-16-35(13)33(10,11)49-38(51-35)37-47-30(4,5)31(6,7)48-37/h18-19,24,26H,14-17,20-21H2,1-13H3. The van der Waals surface area contributed by atoms with Crippen molar-refractivity contribution in [3.63, 3.8) is 0 Å². The molecule has 0 aliphatic carbocycles. The minimum Gasteiger partial charge on any atom is -0.444 e. The van der Waals surface area contributed by atoms with E-state index in [4.69, 9.17) is 32.7 Å². The van der Waals surface area contributed by atoms with Crippen LogP contribution < -0.4 is 5.46 Å². The zero-order valence-electron chi connectivity index (χ0n) is 32.7. The van der Waals surface area contributed by atoms with Gasteiger partial charge in [0.15, 0.2) is 0 Å². The Hall–Kier alpha value is -2.23. The maximum Gasteiger partial charge on any atom is 0.496 e. The van der Waals surface area contributed by atoms with Gasteiger partial charge in [0, 0.05) is 31.2 Å². The predicted molar refractivity (Wildman–Crippen MR) is 191 cm³/mol. The number of carbonyl (C=O) groups is 2. The Morgan fingerprint density at radius 2 is 1.41 bits per heavy atom. The topological polar surface area (TPSA) is 118 Å². The number of alkyl halides is 1. The van der Waals surface area contributed by atoms with Gasteiger partial charge in [0.05, 0.1) is 57.5 Å². The van der Waals surface area contributed by atoms with Crippen molar-refractivity contribution in [3.8, 4) is 0 Å². The number of rotatable bonds is 6. The van der Waals surface area contributed by atoms with Crippen molar-refractivity contribution >= 4 is 38.6 Å². The van der Waals surface area contributed by atoms with Crippen molar-refractivity contribution in [3.05, 3.63) is 23.5 Å². The van der Waals surface area contributed by atoms with E-state index in [2.05, 4.69) is 4.98 Å². The van der Waals surface area contributed by atoms with Crippen molar-refractivity contribution < 1.29 is 46.6 Å². The quantitative estimate of drug-likeness (QED) is 0.395. The Labute approximate surface area is 303 Å². The van der Waals surface area contributed by atoms with Crippen LogP contribution in [0.4, 0.5) is 9.18 Å². The van der Waals surface area contributed by atoms with E-state index >= 15 is 4.39 Å². The van der Waals surface area contributed by atoms with E-state index in [1.807, 2.05) is 69.2 Å². The number of ether oxygens (including phenoxy) is 1. The number of nitrogens with zero attached hydrogens (tertiary/aromatic N) is 3. The third kappa shape index (κ3) is 6.86. The summed E-state index contributed by atoms with van der Waals surface area (Å²) < 4.78 is 59.6. The maximum atomic E-state index is 15.4. The van der Waals surface area contributed by atoms with Crippen molar-refractivity contribution in [1.82, 2.24) is 14.8 Å². The lowest BCUT2D eigenvalue weighted by Crippen LogP contribution is -2.50. The van der Waals surface area contributed by atoms with Gasteiger partial charge in [0.2, 0.25) is 0 Å². The molecule has 5 aliphatic rings. The molecule has 16 heteroatoms. The van der Waals surface area contributed by atoms with Crippen LogP contribution in [0, 0.1) is 0 Å². The fraction of sp³-hybridized carbons (Fsp3) is 0.800. The second-order valence-electron chi connectivity index (χ2n) is 18.3. The highest BCUT2D eigenvalue weighted by Crippen LogP contribution is 2.48. The molecule has 1 aromatic heterocycles. The summed E-state index contributed by atoms with van der Waals surface area (Å²) in [5, 5.41) is 0. The zero-order valence-corrected chi connectivity index (χ0v) is 32.7. The first-order chi connectivity index (χ1) is 23.3. The number of amides is 2. The second kappa shape index (κ2) is 12.4. The van der Waals surface area contributed by atoms with Gasteiger partial charge in [-0.1, -0.05) is 0 Å². The number of likely N-dealkylation sites (tertiary alicyclic amines) is 1. The van der Waals surface area contributed by atoms with E-state index in [1.165, 1.54) is 9.80 Å². The van der Waals surface area contributed by atoms with Crippen LogP contribution in [0.25, 0.3) is 0 Å². The molecule has 0 aromatic carbocycles. The first-order valence-corrected chi connectivity index (χ1v) is 18.3. The average molecular weight is 713 g/mol. The van der Waals surface area contributed by atoms with Crippen molar-refractivity contribution in [2.24, 2.45) is 0 Å². The third-order valence-electron chi connectivity index (χ3n) is 12.3. The van der Waals surface area contributed by atoms with Crippen molar-refractivity contribution in [2.75, 3.05) is 19.6 Å². The Morgan fingerprint density at radius 3 is 2.02 bits per heavy atom. The molecular weight excluding hydrogens is 658 g/mol. The molecule has 4 unspecified atom stereocenters. The summed E-state index contributed by atoms with van der Waals surface area (Å²) in [6, 6.07) is 0.977. The van der Waals surface area contributed by atoms with Crippen LogP contribution in [0.5, 0.6) is 0 Å². The number of hydrogen-bond donors (Lipinski definition) is 0. The van der Waals surface area contributed by atoms with Gasteiger partial charge in [-0.15, -0.1) is 0 Å². The molecule has 4 fully saturated rings. The minimum absolute atomic E-state index is 0.0631. The first-order valence-electron chi connectivity index (χ1n) is 18.3. The largest absolute Gasteiger partial charge is 0.496 e. The normalized spacial score (nSPS) is 32.6. The van der Waals surface area contributed by atoms with E-state index in [9.17, 15) is 9.59 Å². The molecule has 12 nitrogen and oxygen atoms in total. The maximum absolute atomic E-state index is 15.4. The van der Waals surface area contributed by atoms with Crippen molar-refractivity contribution in [2.45, 2.75) is 161 Å². The van der Waals surface area contributed by atoms with E-state index in [0.29, 0.717) is 42.5 Å². The van der Waals surface area contributed by atoms with Crippen LogP contribution in [0.1, 0.15) is 119 Å². The van der Waals surface area contributed by atoms with Crippen LogP contribution in [0.3, 0.4) is 0 Å². The molecule has 0 N–H and O–H groups in total. The molecule has 0 saturated carbocycles. The van der Waals surface area contributed by atoms with Crippen LogP contribution in [0.2, 0.25) is 0 Å². The van der Waals surface area contributed by atoms with Gasteiger partial charge in [-0.2, -0.15) is 0 Å². The van der Waals surface area contributed by atoms with Gasteiger partial charge in [-0.3, -0.25) is 9.78 Å². The molecule has 4 atom stereocenters. The summed E-state index contributed by atoms with van der Waals surface area (Å²) in [4.78, 5) is 34.0. The summed E-state index contributed by atoms with van der Waals surface area (Å²) in [6.07, 6.45) is 1.35. The summed E-state index contributed by atoms with van der Waals surface area (Å²) in [5.74, 6) is -0.325. The minimum atomic E-state index is -1.39. The molecule has 280 valence electrons. The number of pyridine rings is 1. The van der Waals surface area contributed by atoms with Gasteiger partial charge in [-0.25, -0.2) is 9.18 Å². The highest BCUT2D eigenvalue weighted by atomic mass is 19.1. The predicted octanol–water partition coefficient (Wildman–Crippen LogP) is 4.34. The van der Waals surface area contributed by atoms with E-state index in [0.717, 1.165) is 0 Å². The second-order valence-corrected chi connectivity index (χ2v) is 18.3. The molecule has 0 radical (unpaired) electrons. The van der Waals surface area contributed by atoms with Crippen LogP contribution in [-0.4, -0.2) is 119 Å². The molecular formula is C35H55B3FN3O9. The molecule has 2 amide bonds. The Morgan fingerprint density at radius 1 is 0.863 bits per heavy atom. The van der Waals surface area contributed by atoms with E-state index < -0.39 is 78.7 Å². The molecule has 0 bridgehead atoms. The molecule has 51 heavy (non-hydrogen) atoms. The molecule has 6 rings (SSSR count). The average Bonchev–Trinajstić information content (AvgIpc) is 3.64. The Balaban J connectivity index is 1.13. The number of aromatic nitrogens is 1. The lowest BCUT2D eigenvalue weighted by atomic mass is 9.49. The van der Waals surface area contributed by atoms with Gasteiger partial charge in [-0.05, 0) is 109 Å². The summed E-state index contributed by atoms with van der Waals surface area (Å²) in [5.41, 5.74) is -2.92. The highest BCUT2D eigenvalue weighted by molar-refractivity contribution is 7.11. The van der Waals surface area contributed by atoms with Gasteiger partial charge in [0.25, 0.3) is 5.91 Å². The van der Waals surface area contributed by atoms with Crippen molar-refractivity contribution in [1.29, 1.82) is 0 Å². The number of hydrogen-bond acceptors (Lipinski definition) is 10. The number of carbonyl (C=O) groups excluding carboxylic acids is 2. The SMILES string of the molecule is CC(C)(C)OC(=O)N1CC(F)C(N2CCc3ncc(B4OC(C)(C)C(C)(CCC5(C)OB(B6OC(C)(C)C(C)(C)O6)OC5(C)C)O4)cc3C2=O)C1. The van der Waals surface area contributed by atoms with Crippen LogP contribution in [-0.2, 0) is 39.1 Å². The summed E-state index contributed by atoms with van der Waals surface area (Å²) >= 11 is 0. The van der Waals surface area contributed by atoms with E-state index in [1.54, 1.807) is 33.0 Å². The zero-order chi connectivity index (χ0) is 37.7. The number of fused-ring (bicyclic) bond motifs is 1. The van der Waals surface area contributed by atoms with Crippen LogP contribution >= 0.6 is 0 Å². The lowest BCUT2D eigenvalue weighted by molar-refractivity contribution is -0.0576.